The maximum absolute atomic E-state index is 2.29. The van der Waals surface area contributed by atoms with Gasteiger partial charge in [0.2, 0.25) is 11.4 Å². The highest BCUT2D eigenvalue weighted by Gasteiger charge is 2.20. The zero-order chi connectivity index (χ0) is 20.0. The monoisotopic (exact) mass is 376 g/mol. The molecule has 140 valence electrons. The second kappa shape index (κ2) is 6.82. The third-order valence-electron chi connectivity index (χ3n) is 5.89. The molecule has 0 N–H and O–H groups in total. The van der Waals surface area contributed by atoms with Crippen molar-refractivity contribution in [1.29, 1.82) is 0 Å². The van der Waals surface area contributed by atoms with E-state index in [1.54, 1.807) is 0 Å². The van der Waals surface area contributed by atoms with Crippen molar-refractivity contribution in [3.8, 4) is 22.5 Å². The largest absolute Gasteiger partial charge is 0.213 e. The third-order valence-corrected chi connectivity index (χ3v) is 5.89. The van der Waals surface area contributed by atoms with Gasteiger partial charge in [0.25, 0.3) is 0 Å². The quantitative estimate of drug-likeness (QED) is 0.370. The van der Waals surface area contributed by atoms with Gasteiger partial charge < -0.3 is 0 Å². The lowest BCUT2D eigenvalue weighted by atomic mass is 9.95. The lowest BCUT2D eigenvalue weighted by Crippen LogP contribution is -2.31. The van der Waals surface area contributed by atoms with Crippen molar-refractivity contribution in [2.75, 3.05) is 0 Å². The van der Waals surface area contributed by atoms with Crippen LogP contribution < -0.4 is 9.13 Å². The second-order valence-electron chi connectivity index (χ2n) is 7.78. The van der Waals surface area contributed by atoms with Crippen LogP contribution in [0, 0.1) is 6.92 Å². The lowest BCUT2D eigenvalue weighted by Gasteiger charge is -2.10. The van der Waals surface area contributed by atoms with Crippen molar-refractivity contribution in [3.05, 3.63) is 96.8 Å². The van der Waals surface area contributed by atoms with Crippen LogP contribution in [-0.4, -0.2) is 0 Å². The highest BCUT2D eigenvalue weighted by Crippen LogP contribution is 2.31. The summed E-state index contributed by atoms with van der Waals surface area (Å²) in [6, 6.07) is 28.3. The van der Waals surface area contributed by atoms with Gasteiger partial charge in [0.15, 0.2) is 12.4 Å². The fraction of sp³-hybridized carbons (Fsp3) is 0.111. The SMILES string of the molecule is Cc1c(-c2cc3ccccc3c[n+]2C)cccc1-c1cc2ccccc2c[n+]1C. The van der Waals surface area contributed by atoms with E-state index in [0.29, 0.717) is 0 Å². The topological polar surface area (TPSA) is 7.76 Å². The Morgan fingerprint density at radius 2 is 0.931 bits per heavy atom. The minimum atomic E-state index is 1.23. The summed E-state index contributed by atoms with van der Waals surface area (Å²) in [5.74, 6) is 0. The fourth-order valence-corrected chi connectivity index (χ4v) is 4.30. The molecule has 2 heteroatoms. The third kappa shape index (κ3) is 2.98. The number of aryl methyl sites for hydroxylation is 2. The normalized spacial score (nSPS) is 11.3. The summed E-state index contributed by atoms with van der Waals surface area (Å²) in [4.78, 5) is 0. The molecule has 5 aromatic rings. The van der Waals surface area contributed by atoms with Crippen LogP contribution in [0.2, 0.25) is 0 Å². The highest BCUT2D eigenvalue weighted by atomic mass is 14.9. The molecule has 2 nitrogen and oxygen atoms in total. The molecule has 0 saturated carbocycles. The number of pyridine rings is 2. The maximum atomic E-state index is 2.29. The average molecular weight is 377 g/mol. The van der Waals surface area contributed by atoms with Crippen LogP contribution in [0.5, 0.6) is 0 Å². The van der Waals surface area contributed by atoms with Crippen LogP contribution in [0.25, 0.3) is 44.1 Å². The Balaban J connectivity index is 1.72. The van der Waals surface area contributed by atoms with E-state index < -0.39 is 0 Å². The number of rotatable bonds is 2. The molecule has 0 atom stereocenters. The highest BCUT2D eigenvalue weighted by molar-refractivity contribution is 5.87. The molecule has 5 rings (SSSR count). The van der Waals surface area contributed by atoms with E-state index in [4.69, 9.17) is 0 Å². The number of aromatic nitrogens is 2. The standard InChI is InChI=1S/C27H24N2/c1-19-24(26-15-20-9-4-6-11-22(20)17-28(26)2)13-8-14-25(19)27-16-21-10-5-7-12-23(21)18-29(27)3/h4-18H,1-3H3/q+2. The zero-order valence-corrected chi connectivity index (χ0v) is 17.1. The first kappa shape index (κ1) is 17.6. The Bertz CT molecular complexity index is 1280. The molecule has 2 heterocycles. The minimum Gasteiger partial charge on any atom is -0.200 e. The zero-order valence-electron chi connectivity index (χ0n) is 17.1. The summed E-state index contributed by atoms with van der Waals surface area (Å²) in [7, 11) is 4.26. The molecule has 2 aromatic heterocycles. The molecule has 0 unspecified atom stereocenters. The van der Waals surface area contributed by atoms with E-state index in [9.17, 15) is 0 Å². The predicted octanol–water partition coefficient (Wildman–Crippen LogP) is 5.28. The van der Waals surface area contributed by atoms with E-state index in [1.807, 2.05) is 0 Å². The Hall–Kier alpha value is -3.52. The predicted molar refractivity (Wildman–Crippen MR) is 119 cm³/mol. The molecule has 0 radical (unpaired) electrons. The molecule has 29 heavy (non-hydrogen) atoms. The minimum absolute atomic E-state index is 1.23. The van der Waals surface area contributed by atoms with Crippen molar-refractivity contribution in [2.45, 2.75) is 6.92 Å². The summed E-state index contributed by atoms with van der Waals surface area (Å²) in [6.07, 6.45) is 4.43. The molecule has 0 aliphatic carbocycles. The van der Waals surface area contributed by atoms with E-state index in [2.05, 4.69) is 121 Å². The van der Waals surface area contributed by atoms with Gasteiger partial charge in [0, 0.05) is 34.0 Å². The number of fused-ring (bicyclic) bond motifs is 2. The first-order valence-electron chi connectivity index (χ1n) is 9.99. The summed E-state index contributed by atoms with van der Waals surface area (Å²) in [6.45, 7) is 2.23. The van der Waals surface area contributed by atoms with E-state index in [-0.39, 0.29) is 0 Å². The molecular formula is C27H24N2+2. The van der Waals surface area contributed by atoms with E-state index >= 15 is 0 Å². The molecule has 3 aromatic carbocycles. The van der Waals surface area contributed by atoms with Gasteiger partial charge in [-0.3, -0.25) is 0 Å². The van der Waals surface area contributed by atoms with Crippen molar-refractivity contribution >= 4 is 21.5 Å². The van der Waals surface area contributed by atoms with Crippen molar-refractivity contribution in [2.24, 2.45) is 14.1 Å². The number of benzene rings is 3. The Morgan fingerprint density at radius 1 is 0.517 bits per heavy atom. The Morgan fingerprint density at radius 3 is 1.38 bits per heavy atom. The first-order valence-corrected chi connectivity index (χ1v) is 9.99. The van der Waals surface area contributed by atoms with E-state index in [1.165, 1.54) is 49.6 Å². The molecular weight excluding hydrogens is 352 g/mol. The molecule has 0 bridgehead atoms. The molecule has 0 spiro atoms. The lowest BCUT2D eigenvalue weighted by molar-refractivity contribution is -0.659. The van der Waals surface area contributed by atoms with Gasteiger partial charge in [-0.15, -0.1) is 0 Å². The summed E-state index contributed by atoms with van der Waals surface area (Å²) in [5.41, 5.74) is 6.29. The van der Waals surface area contributed by atoms with E-state index in [0.717, 1.165) is 0 Å². The number of nitrogens with zero attached hydrogens (tertiary/aromatic N) is 2. The summed E-state index contributed by atoms with van der Waals surface area (Å²) >= 11 is 0. The molecule has 0 aliphatic heterocycles. The maximum Gasteiger partial charge on any atom is 0.213 e. The van der Waals surface area contributed by atoms with Gasteiger partial charge in [-0.25, -0.2) is 9.13 Å². The van der Waals surface area contributed by atoms with Crippen LogP contribution >= 0.6 is 0 Å². The van der Waals surface area contributed by atoms with Crippen LogP contribution in [-0.2, 0) is 14.1 Å². The van der Waals surface area contributed by atoms with Gasteiger partial charge in [-0.05, 0) is 47.5 Å². The van der Waals surface area contributed by atoms with Crippen LogP contribution in [0.1, 0.15) is 5.56 Å². The smallest absolute Gasteiger partial charge is 0.200 e. The number of hydrogen-bond donors (Lipinski definition) is 0. The summed E-state index contributed by atoms with van der Waals surface area (Å²) < 4.78 is 4.46. The first-order chi connectivity index (χ1) is 14.1. The van der Waals surface area contributed by atoms with Crippen LogP contribution in [0.4, 0.5) is 0 Å². The van der Waals surface area contributed by atoms with Gasteiger partial charge in [-0.1, -0.05) is 42.5 Å². The average Bonchev–Trinajstić information content (AvgIpc) is 2.73. The van der Waals surface area contributed by atoms with Crippen molar-refractivity contribution < 1.29 is 9.13 Å². The van der Waals surface area contributed by atoms with Gasteiger partial charge in [-0.2, -0.15) is 0 Å². The van der Waals surface area contributed by atoms with Gasteiger partial charge >= 0.3 is 0 Å². The second-order valence-corrected chi connectivity index (χ2v) is 7.78. The van der Waals surface area contributed by atoms with Crippen LogP contribution in [0.15, 0.2) is 91.3 Å². The van der Waals surface area contributed by atoms with Gasteiger partial charge in [0.05, 0.1) is 0 Å². The molecule has 0 fully saturated rings. The fourth-order valence-electron chi connectivity index (χ4n) is 4.30. The Kier molecular flexibility index (Phi) is 4.13. The molecule has 0 aliphatic rings. The van der Waals surface area contributed by atoms with Gasteiger partial charge in [0.1, 0.15) is 14.1 Å². The number of hydrogen-bond acceptors (Lipinski definition) is 0. The molecule has 0 saturated heterocycles. The molecule has 0 amide bonds. The summed E-state index contributed by atoms with van der Waals surface area (Å²) in [5, 5.41) is 5.05. The van der Waals surface area contributed by atoms with Crippen molar-refractivity contribution in [3.63, 3.8) is 0 Å². The van der Waals surface area contributed by atoms with Crippen LogP contribution in [0.3, 0.4) is 0 Å². The van der Waals surface area contributed by atoms with Crippen molar-refractivity contribution in [1.82, 2.24) is 0 Å². The Labute approximate surface area is 171 Å².